The van der Waals surface area contributed by atoms with E-state index in [1.54, 1.807) is 0 Å². The molecule has 1 aliphatic heterocycles. The van der Waals surface area contributed by atoms with Crippen LogP contribution in [0.4, 0.5) is 0 Å². The van der Waals surface area contributed by atoms with Crippen LogP contribution in [0, 0.1) is 11.3 Å². The van der Waals surface area contributed by atoms with Crippen molar-refractivity contribution in [2.45, 2.75) is 24.8 Å². The molecule has 0 radical (unpaired) electrons. The predicted octanol–water partition coefficient (Wildman–Crippen LogP) is 2.07. The van der Waals surface area contributed by atoms with Gasteiger partial charge < -0.3 is 4.74 Å². The fourth-order valence-electron chi connectivity index (χ4n) is 2.54. The van der Waals surface area contributed by atoms with Crippen LogP contribution in [0.5, 0.6) is 0 Å². The second kappa shape index (κ2) is 4.72. The number of hydrogen-bond acceptors (Lipinski definition) is 3. The quantitative estimate of drug-likeness (QED) is 0.814. The lowest BCUT2D eigenvalue weighted by atomic mass is 9.96. The first kappa shape index (κ1) is 11.7. The molecule has 0 bridgehead atoms. The summed E-state index contributed by atoms with van der Waals surface area (Å²) < 4.78 is 5.35. The first-order valence-electron chi connectivity index (χ1n) is 6.63. The van der Waals surface area contributed by atoms with Gasteiger partial charge in [0.15, 0.2) is 0 Å². The number of benzene rings is 1. The summed E-state index contributed by atoms with van der Waals surface area (Å²) >= 11 is 0. The predicted molar refractivity (Wildman–Crippen MR) is 69.1 cm³/mol. The monoisotopic (exact) mass is 242 g/mol. The zero-order chi connectivity index (χ0) is 12.4. The van der Waals surface area contributed by atoms with Gasteiger partial charge in [0.05, 0.1) is 24.7 Å². The lowest BCUT2D eigenvalue weighted by Gasteiger charge is -2.26. The molecule has 94 valence electrons. The Morgan fingerprint density at radius 3 is 2.39 bits per heavy atom. The van der Waals surface area contributed by atoms with E-state index in [1.807, 2.05) is 0 Å². The summed E-state index contributed by atoms with van der Waals surface area (Å²) in [4.78, 5) is 2.41. The van der Waals surface area contributed by atoms with Crippen molar-refractivity contribution >= 4 is 0 Å². The maximum Gasteiger partial charge on any atom is 0.0823 e. The topological polar surface area (TPSA) is 36.3 Å². The van der Waals surface area contributed by atoms with Crippen LogP contribution < -0.4 is 0 Å². The number of nitrogens with zero attached hydrogens (tertiary/aromatic N) is 2. The standard InChI is InChI=1S/C15H18N2O/c16-12-15(5-6-15)14-3-1-13(2-4-14)11-17-7-9-18-10-8-17/h1-4H,5-11H2. The molecule has 18 heavy (non-hydrogen) atoms. The van der Waals surface area contributed by atoms with Gasteiger partial charge in [0.25, 0.3) is 0 Å². The van der Waals surface area contributed by atoms with Gasteiger partial charge in [-0.15, -0.1) is 0 Å². The first-order valence-corrected chi connectivity index (χ1v) is 6.63. The van der Waals surface area contributed by atoms with E-state index >= 15 is 0 Å². The fraction of sp³-hybridized carbons (Fsp3) is 0.533. The third-order valence-electron chi connectivity index (χ3n) is 3.98. The molecular formula is C15H18N2O. The molecule has 3 rings (SSSR count). The Bertz CT molecular complexity index is 450. The molecule has 2 fully saturated rings. The normalized spacial score (nSPS) is 22.4. The molecule has 2 aliphatic rings. The van der Waals surface area contributed by atoms with Crippen LogP contribution in [0.15, 0.2) is 24.3 Å². The molecule has 1 aromatic carbocycles. The van der Waals surface area contributed by atoms with Crippen molar-refractivity contribution in [2.24, 2.45) is 0 Å². The molecule has 0 amide bonds. The SMILES string of the molecule is N#CC1(c2ccc(CN3CCOCC3)cc2)CC1. The van der Waals surface area contributed by atoms with E-state index in [0.717, 1.165) is 45.7 Å². The highest BCUT2D eigenvalue weighted by atomic mass is 16.5. The van der Waals surface area contributed by atoms with E-state index in [9.17, 15) is 0 Å². The second-order valence-electron chi connectivity index (χ2n) is 5.28. The molecule has 1 heterocycles. The molecule has 0 aromatic heterocycles. The number of hydrogen-bond donors (Lipinski definition) is 0. The molecule has 3 nitrogen and oxygen atoms in total. The molecule has 1 aromatic rings. The summed E-state index contributed by atoms with van der Waals surface area (Å²) in [6.07, 6.45) is 2.04. The number of morpholine rings is 1. The minimum absolute atomic E-state index is 0.155. The highest BCUT2D eigenvalue weighted by molar-refractivity contribution is 5.39. The smallest absolute Gasteiger partial charge is 0.0823 e. The Balaban J connectivity index is 1.66. The van der Waals surface area contributed by atoms with Crippen LogP contribution in [0.1, 0.15) is 24.0 Å². The molecule has 0 N–H and O–H groups in total. The van der Waals surface area contributed by atoms with Gasteiger partial charge in [-0.05, 0) is 24.0 Å². The van der Waals surface area contributed by atoms with Crippen LogP contribution in [0.25, 0.3) is 0 Å². The number of nitriles is 1. The number of ether oxygens (including phenoxy) is 1. The maximum atomic E-state index is 9.17. The Morgan fingerprint density at radius 2 is 1.83 bits per heavy atom. The van der Waals surface area contributed by atoms with Gasteiger partial charge in [-0.1, -0.05) is 24.3 Å². The summed E-state index contributed by atoms with van der Waals surface area (Å²) in [6, 6.07) is 11.0. The summed E-state index contributed by atoms with van der Waals surface area (Å²) in [5.41, 5.74) is 2.36. The van der Waals surface area contributed by atoms with Gasteiger partial charge in [0.1, 0.15) is 0 Å². The summed E-state index contributed by atoms with van der Waals surface area (Å²) in [5.74, 6) is 0. The first-order chi connectivity index (χ1) is 8.82. The molecule has 1 saturated heterocycles. The van der Waals surface area contributed by atoms with Crippen molar-refractivity contribution in [3.05, 3.63) is 35.4 Å². The molecule has 3 heteroatoms. The van der Waals surface area contributed by atoms with Crippen LogP contribution in [0.2, 0.25) is 0 Å². The average molecular weight is 242 g/mol. The van der Waals surface area contributed by atoms with Gasteiger partial charge in [-0.3, -0.25) is 4.90 Å². The molecule has 1 saturated carbocycles. The van der Waals surface area contributed by atoms with E-state index in [2.05, 4.69) is 35.2 Å². The lowest BCUT2D eigenvalue weighted by molar-refractivity contribution is 0.0342. The van der Waals surface area contributed by atoms with Crippen LogP contribution in [-0.4, -0.2) is 31.2 Å². The lowest BCUT2D eigenvalue weighted by Crippen LogP contribution is -2.35. The molecular weight excluding hydrogens is 224 g/mol. The minimum Gasteiger partial charge on any atom is -0.379 e. The highest BCUT2D eigenvalue weighted by Gasteiger charge is 2.44. The van der Waals surface area contributed by atoms with Gasteiger partial charge >= 0.3 is 0 Å². The van der Waals surface area contributed by atoms with E-state index < -0.39 is 0 Å². The highest BCUT2D eigenvalue weighted by Crippen LogP contribution is 2.47. The number of rotatable bonds is 3. The van der Waals surface area contributed by atoms with Gasteiger partial charge in [0, 0.05) is 19.6 Å². The van der Waals surface area contributed by atoms with Crippen LogP contribution >= 0.6 is 0 Å². The zero-order valence-electron chi connectivity index (χ0n) is 10.6. The molecule has 0 spiro atoms. The fourth-order valence-corrected chi connectivity index (χ4v) is 2.54. The minimum atomic E-state index is -0.155. The third-order valence-corrected chi connectivity index (χ3v) is 3.98. The molecule has 0 atom stereocenters. The third kappa shape index (κ3) is 2.27. The van der Waals surface area contributed by atoms with E-state index in [-0.39, 0.29) is 5.41 Å². The van der Waals surface area contributed by atoms with Gasteiger partial charge in [-0.25, -0.2) is 0 Å². The maximum absolute atomic E-state index is 9.17. The Labute approximate surface area is 108 Å². The van der Waals surface area contributed by atoms with Crippen LogP contribution in [0.3, 0.4) is 0 Å². The van der Waals surface area contributed by atoms with E-state index in [4.69, 9.17) is 10.00 Å². The Kier molecular flexibility index (Phi) is 3.07. The van der Waals surface area contributed by atoms with Crippen molar-refractivity contribution in [1.29, 1.82) is 5.26 Å². The van der Waals surface area contributed by atoms with Crippen molar-refractivity contribution in [1.82, 2.24) is 4.90 Å². The second-order valence-corrected chi connectivity index (χ2v) is 5.28. The van der Waals surface area contributed by atoms with Crippen LogP contribution in [-0.2, 0) is 16.7 Å². The average Bonchev–Trinajstić information content (AvgIpc) is 3.22. The Hall–Kier alpha value is -1.37. The summed E-state index contributed by atoms with van der Waals surface area (Å²) in [6.45, 7) is 4.71. The van der Waals surface area contributed by atoms with Crippen molar-refractivity contribution < 1.29 is 4.74 Å². The Morgan fingerprint density at radius 1 is 1.17 bits per heavy atom. The van der Waals surface area contributed by atoms with Crippen molar-refractivity contribution in [3.63, 3.8) is 0 Å². The van der Waals surface area contributed by atoms with Crippen molar-refractivity contribution in [2.75, 3.05) is 26.3 Å². The summed E-state index contributed by atoms with van der Waals surface area (Å²) in [5, 5.41) is 9.17. The zero-order valence-corrected chi connectivity index (χ0v) is 10.6. The summed E-state index contributed by atoms with van der Waals surface area (Å²) in [7, 11) is 0. The van der Waals surface area contributed by atoms with Gasteiger partial charge in [0.2, 0.25) is 0 Å². The molecule has 1 aliphatic carbocycles. The van der Waals surface area contributed by atoms with Crippen molar-refractivity contribution in [3.8, 4) is 6.07 Å². The molecule has 0 unspecified atom stereocenters. The largest absolute Gasteiger partial charge is 0.379 e. The van der Waals surface area contributed by atoms with Gasteiger partial charge in [-0.2, -0.15) is 5.26 Å². The van der Waals surface area contributed by atoms with E-state index in [0.29, 0.717) is 0 Å². The van der Waals surface area contributed by atoms with E-state index in [1.165, 1.54) is 11.1 Å².